The minimum Gasteiger partial charge on any atom is -0.390 e. The predicted octanol–water partition coefficient (Wildman–Crippen LogP) is 0.766. The second kappa shape index (κ2) is 5.45. The lowest BCUT2D eigenvalue weighted by atomic mass is 10.00. The van der Waals surface area contributed by atoms with E-state index in [1.54, 1.807) is 0 Å². The van der Waals surface area contributed by atoms with Crippen LogP contribution in [0.4, 0.5) is 0 Å². The van der Waals surface area contributed by atoms with E-state index in [0.29, 0.717) is 12.5 Å². The molecule has 20 heavy (non-hydrogen) atoms. The van der Waals surface area contributed by atoms with E-state index in [-0.39, 0.29) is 35.7 Å². The van der Waals surface area contributed by atoms with Gasteiger partial charge in [-0.1, -0.05) is 6.92 Å². The van der Waals surface area contributed by atoms with Gasteiger partial charge in [-0.15, -0.1) is 0 Å². The monoisotopic (exact) mass is 282 g/mol. The van der Waals surface area contributed by atoms with Crippen molar-refractivity contribution in [2.45, 2.75) is 52.2 Å². The number of amides is 2. The third kappa shape index (κ3) is 3.20. The van der Waals surface area contributed by atoms with Gasteiger partial charge in [0.15, 0.2) is 0 Å². The average Bonchev–Trinajstić information content (AvgIpc) is 2.80. The Balaban J connectivity index is 1.91. The zero-order valence-corrected chi connectivity index (χ0v) is 12.8. The predicted molar refractivity (Wildman–Crippen MR) is 75.9 cm³/mol. The smallest absolute Gasteiger partial charge is 0.233 e. The molecule has 0 radical (unpaired) electrons. The van der Waals surface area contributed by atoms with Gasteiger partial charge in [-0.25, -0.2) is 0 Å². The van der Waals surface area contributed by atoms with Crippen molar-refractivity contribution in [1.82, 2.24) is 10.2 Å². The topological polar surface area (TPSA) is 69.6 Å². The van der Waals surface area contributed by atoms with Crippen LogP contribution < -0.4 is 5.32 Å². The number of carbonyl (C=O) groups excluding carboxylic acids is 2. The van der Waals surface area contributed by atoms with Crippen molar-refractivity contribution in [2.24, 2.45) is 17.8 Å². The molecule has 1 saturated heterocycles. The second-order valence-corrected chi connectivity index (χ2v) is 7.36. The summed E-state index contributed by atoms with van der Waals surface area (Å²) < 4.78 is 0. The van der Waals surface area contributed by atoms with E-state index in [1.165, 1.54) is 4.90 Å². The molecular weight excluding hydrogens is 256 g/mol. The van der Waals surface area contributed by atoms with Crippen LogP contribution in [0, 0.1) is 17.8 Å². The zero-order chi connectivity index (χ0) is 15.1. The van der Waals surface area contributed by atoms with E-state index in [2.05, 4.69) is 12.2 Å². The number of nitrogens with zero attached hydrogens (tertiary/aromatic N) is 1. The van der Waals surface area contributed by atoms with Crippen LogP contribution in [0.3, 0.4) is 0 Å². The molecule has 2 rings (SSSR count). The highest BCUT2D eigenvalue weighted by Crippen LogP contribution is 2.42. The number of hydrogen-bond acceptors (Lipinski definition) is 4. The van der Waals surface area contributed by atoms with Gasteiger partial charge in [-0.2, -0.15) is 0 Å². The average molecular weight is 282 g/mol. The van der Waals surface area contributed by atoms with Gasteiger partial charge >= 0.3 is 0 Å². The fourth-order valence-corrected chi connectivity index (χ4v) is 3.23. The molecule has 3 atom stereocenters. The van der Waals surface area contributed by atoms with Crippen molar-refractivity contribution in [1.29, 1.82) is 0 Å². The number of β-amino-alcohol motifs (C(OH)–C–C–N with tert-alkyl or cyclic N) is 1. The summed E-state index contributed by atoms with van der Waals surface area (Å²) in [6, 6.07) is 0. The SMILES string of the molecule is CC1CC2C(=O)N(CC(O)CNC(C)(C)C)C(=O)C2C1. The van der Waals surface area contributed by atoms with Crippen LogP contribution in [0.5, 0.6) is 0 Å². The molecular formula is C15H26N2O3. The normalized spacial score (nSPS) is 31.9. The highest BCUT2D eigenvalue weighted by molar-refractivity contribution is 6.05. The maximum Gasteiger partial charge on any atom is 0.233 e. The molecule has 0 aromatic carbocycles. The van der Waals surface area contributed by atoms with Gasteiger partial charge in [0, 0.05) is 12.1 Å². The van der Waals surface area contributed by atoms with Gasteiger partial charge in [0.1, 0.15) is 0 Å². The number of carbonyl (C=O) groups is 2. The summed E-state index contributed by atoms with van der Waals surface area (Å²) in [4.78, 5) is 25.8. The summed E-state index contributed by atoms with van der Waals surface area (Å²) in [5, 5.41) is 13.2. The lowest BCUT2D eigenvalue weighted by Crippen LogP contribution is -2.46. The van der Waals surface area contributed by atoms with Gasteiger partial charge in [-0.3, -0.25) is 14.5 Å². The Bertz CT molecular complexity index is 378. The van der Waals surface area contributed by atoms with Gasteiger partial charge in [0.05, 0.1) is 24.5 Å². The number of rotatable bonds is 4. The van der Waals surface area contributed by atoms with Crippen LogP contribution in [0.1, 0.15) is 40.5 Å². The molecule has 2 amide bonds. The van der Waals surface area contributed by atoms with Crippen LogP contribution >= 0.6 is 0 Å². The fraction of sp³-hybridized carbons (Fsp3) is 0.867. The molecule has 1 aliphatic heterocycles. The largest absolute Gasteiger partial charge is 0.390 e. The molecule has 3 unspecified atom stereocenters. The number of aliphatic hydroxyl groups is 1. The number of hydrogen-bond donors (Lipinski definition) is 2. The Morgan fingerprint density at radius 1 is 1.25 bits per heavy atom. The van der Waals surface area contributed by atoms with Crippen molar-refractivity contribution < 1.29 is 14.7 Å². The molecule has 114 valence electrons. The van der Waals surface area contributed by atoms with Crippen molar-refractivity contribution in [3.05, 3.63) is 0 Å². The molecule has 0 aromatic rings. The summed E-state index contributed by atoms with van der Waals surface area (Å²) in [5.74, 6) is 0.00592. The first kappa shape index (κ1) is 15.4. The Morgan fingerprint density at radius 2 is 1.75 bits per heavy atom. The molecule has 1 saturated carbocycles. The Hall–Kier alpha value is -0.940. The van der Waals surface area contributed by atoms with Gasteiger partial charge in [0.2, 0.25) is 11.8 Å². The number of nitrogens with one attached hydrogen (secondary N) is 1. The van der Waals surface area contributed by atoms with E-state index in [0.717, 1.165) is 12.8 Å². The molecule has 1 aliphatic carbocycles. The molecule has 0 spiro atoms. The summed E-state index contributed by atoms with van der Waals surface area (Å²) in [7, 11) is 0. The van der Waals surface area contributed by atoms with Crippen molar-refractivity contribution in [3.63, 3.8) is 0 Å². The van der Waals surface area contributed by atoms with Crippen LogP contribution in [0.15, 0.2) is 0 Å². The van der Waals surface area contributed by atoms with E-state index < -0.39 is 6.10 Å². The summed E-state index contributed by atoms with van der Waals surface area (Å²) in [5.41, 5.74) is -0.0913. The summed E-state index contributed by atoms with van der Waals surface area (Å²) >= 11 is 0. The molecule has 1 heterocycles. The van der Waals surface area contributed by atoms with E-state index in [1.807, 2.05) is 20.8 Å². The lowest BCUT2D eigenvalue weighted by Gasteiger charge is -2.25. The van der Waals surface area contributed by atoms with Gasteiger partial charge in [-0.05, 0) is 39.5 Å². The molecule has 2 fully saturated rings. The van der Waals surface area contributed by atoms with Crippen LogP contribution in [-0.4, -0.2) is 46.6 Å². The molecule has 2 aliphatic rings. The van der Waals surface area contributed by atoms with Gasteiger partial charge < -0.3 is 10.4 Å². The highest BCUT2D eigenvalue weighted by Gasteiger charge is 2.51. The standard InChI is InChI=1S/C15H26N2O3/c1-9-5-11-12(6-9)14(20)17(13(11)19)8-10(18)7-16-15(2,3)4/h9-12,16,18H,5-8H2,1-4H3. The number of likely N-dealkylation sites (tertiary alicyclic amines) is 1. The summed E-state index contributed by atoms with van der Waals surface area (Å²) in [6.45, 7) is 8.62. The molecule has 2 N–H and O–H groups in total. The Kier molecular flexibility index (Phi) is 4.21. The van der Waals surface area contributed by atoms with Crippen LogP contribution in [0.2, 0.25) is 0 Å². The maximum absolute atomic E-state index is 12.3. The summed E-state index contributed by atoms with van der Waals surface area (Å²) in [6.07, 6.45) is 0.905. The number of aliphatic hydroxyl groups excluding tert-OH is 1. The van der Waals surface area contributed by atoms with Crippen LogP contribution in [0.25, 0.3) is 0 Å². The molecule has 5 nitrogen and oxygen atoms in total. The van der Waals surface area contributed by atoms with Crippen molar-refractivity contribution in [2.75, 3.05) is 13.1 Å². The Labute approximate surface area is 120 Å². The molecule has 0 aromatic heterocycles. The van der Waals surface area contributed by atoms with E-state index in [4.69, 9.17) is 0 Å². The minimum atomic E-state index is -0.710. The van der Waals surface area contributed by atoms with Gasteiger partial charge in [0.25, 0.3) is 0 Å². The van der Waals surface area contributed by atoms with Crippen molar-refractivity contribution in [3.8, 4) is 0 Å². The Morgan fingerprint density at radius 3 is 2.20 bits per heavy atom. The third-order valence-electron chi connectivity index (χ3n) is 4.23. The lowest BCUT2D eigenvalue weighted by molar-refractivity contribution is -0.142. The van der Waals surface area contributed by atoms with Crippen molar-refractivity contribution >= 4 is 11.8 Å². The fourth-order valence-electron chi connectivity index (χ4n) is 3.23. The van der Waals surface area contributed by atoms with Crippen LogP contribution in [-0.2, 0) is 9.59 Å². The zero-order valence-electron chi connectivity index (χ0n) is 12.8. The molecule has 0 bridgehead atoms. The van der Waals surface area contributed by atoms with E-state index in [9.17, 15) is 14.7 Å². The maximum atomic E-state index is 12.3. The minimum absolute atomic E-state index is 0.0841. The second-order valence-electron chi connectivity index (χ2n) is 7.36. The first-order chi connectivity index (χ1) is 9.19. The first-order valence-electron chi connectivity index (χ1n) is 7.47. The van der Waals surface area contributed by atoms with E-state index >= 15 is 0 Å². The first-order valence-corrected chi connectivity index (χ1v) is 7.47. The quantitative estimate of drug-likeness (QED) is 0.747. The highest BCUT2D eigenvalue weighted by atomic mass is 16.3. The third-order valence-corrected chi connectivity index (χ3v) is 4.23. The molecule has 5 heteroatoms. The number of fused-ring (bicyclic) bond motifs is 1. The number of imide groups is 1.